The van der Waals surface area contributed by atoms with Gasteiger partial charge >= 0.3 is 0 Å². The van der Waals surface area contributed by atoms with E-state index in [2.05, 4.69) is 12.2 Å². The Bertz CT molecular complexity index is 210. The smallest absolute Gasteiger partial charge is 0.220 e. The molecule has 0 bridgehead atoms. The third-order valence-corrected chi connectivity index (χ3v) is 3.87. The summed E-state index contributed by atoms with van der Waals surface area (Å²) in [6.45, 7) is 3.17. The first-order chi connectivity index (χ1) is 6.27. The lowest BCUT2D eigenvalue weighted by atomic mass is 9.63. The largest absolute Gasteiger partial charge is 0.356 e. The van der Waals surface area contributed by atoms with Gasteiger partial charge in [-0.1, -0.05) is 19.8 Å². The summed E-state index contributed by atoms with van der Waals surface area (Å²) in [6.07, 6.45) is 7.33. The first-order valence-electron chi connectivity index (χ1n) is 5.53. The lowest BCUT2D eigenvalue weighted by Gasteiger charge is -2.41. The van der Waals surface area contributed by atoms with Crippen molar-refractivity contribution in [2.45, 2.75) is 45.4 Å². The third-order valence-electron chi connectivity index (χ3n) is 3.87. The average Bonchev–Trinajstić information content (AvgIpc) is 2.29. The first kappa shape index (κ1) is 9.04. The maximum absolute atomic E-state index is 11.3. The van der Waals surface area contributed by atoms with E-state index >= 15 is 0 Å². The minimum Gasteiger partial charge on any atom is -0.356 e. The molecule has 0 radical (unpaired) electrons. The second-order valence-electron chi connectivity index (χ2n) is 4.69. The molecule has 2 nitrogen and oxygen atoms in total. The van der Waals surface area contributed by atoms with E-state index in [9.17, 15) is 4.79 Å². The van der Waals surface area contributed by atoms with Crippen molar-refractivity contribution in [3.63, 3.8) is 0 Å². The Morgan fingerprint density at radius 2 is 2.31 bits per heavy atom. The maximum Gasteiger partial charge on any atom is 0.220 e. The molecular weight excluding hydrogens is 162 g/mol. The summed E-state index contributed by atoms with van der Waals surface area (Å²) >= 11 is 0. The number of rotatable bonds is 3. The van der Waals surface area contributed by atoms with Crippen molar-refractivity contribution in [2.24, 2.45) is 11.3 Å². The average molecular weight is 181 g/mol. The number of carbonyl (C=O) groups excluding carboxylic acids is 1. The minimum absolute atomic E-state index is 0.278. The summed E-state index contributed by atoms with van der Waals surface area (Å²) in [5.74, 6) is 1.12. The van der Waals surface area contributed by atoms with Crippen LogP contribution < -0.4 is 5.32 Å². The van der Waals surface area contributed by atoms with Gasteiger partial charge in [-0.3, -0.25) is 4.79 Å². The molecular formula is C11H19NO. The van der Waals surface area contributed by atoms with Crippen LogP contribution in [-0.4, -0.2) is 12.5 Å². The Morgan fingerprint density at radius 1 is 1.54 bits per heavy atom. The van der Waals surface area contributed by atoms with Crippen molar-refractivity contribution >= 4 is 5.91 Å². The lowest BCUT2D eigenvalue weighted by molar-refractivity contribution is -0.120. The quantitative estimate of drug-likeness (QED) is 0.709. The fourth-order valence-electron chi connectivity index (χ4n) is 2.91. The number of carbonyl (C=O) groups is 1. The van der Waals surface area contributed by atoms with Gasteiger partial charge in [-0.15, -0.1) is 0 Å². The highest BCUT2D eigenvalue weighted by Crippen LogP contribution is 2.48. The molecule has 1 atom stereocenters. The van der Waals surface area contributed by atoms with Crippen molar-refractivity contribution in [3.8, 4) is 0 Å². The number of hydrogen-bond acceptors (Lipinski definition) is 1. The maximum atomic E-state index is 11.3. The van der Waals surface area contributed by atoms with Crippen molar-refractivity contribution in [1.82, 2.24) is 5.32 Å². The van der Waals surface area contributed by atoms with E-state index in [0.717, 1.165) is 18.9 Å². The molecule has 74 valence electrons. The topological polar surface area (TPSA) is 29.1 Å². The second kappa shape index (κ2) is 3.32. The van der Waals surface area contributed by atoms with E-state index in [0.29, 0.717) is 5.41 Å². The van der Waals surface area contributed by atoms with Crippen molar-refractivity contribution in [2.75, 3.05) is 6.54 Å². The van der Waals surface area contributed by atoms with Crippen LogP contribution in [0.2, 0.25) is 0 Å². The van der Waals surface area contributed by atoms with Crippen LogP contribution in [0.3, 0.4) is 0 Å². The molecule has 0 aromatic rings. The monoisotopic (exact) mass is 181 g/mol. The summed E-state index contributed by atoms with van der Waals surface area (Å²) in [5.41, 5.74) is 0.351. The second-order valence-corrected chi connectivity index (χ2v) is 4.69. The molecule has 1 aliphatic heterocycles. The van der Waals surface area contributed by atoms with Crippen molar-refractivity contribution in [1.29, 1.82) is 0 Å². The Morgan fingerprint density at radius 3 is 2.69 bits per heavy atom. The van der Waals surface area contributed by atoms with Gasteiger partial charge in [-0.05, 0) is 30.6 Å². The summed E-state index contributed by atoms with van der Waals surface area (Å²) < 4.78 is 0. The molecule has 2 aliphatic rings. The zero-order chi connectivity index (χ0) is 9.31. The van der Waals surface area contributed by atoms with Gasteiger partial charge in [-0.25, -0.2) is 0 Å². The van der Waals surface area contributed by atoms with Crippen LogP contribution in [0.15, 0.2) is 0 Å². The molecule has 1 N–H and O–H groups in total. The molecule has 0 aromatic heterocycles. The van der Waals surface area contributed by atoms with E-state index in [1.54, 1.807) is 0 Å². The molecule has 2 fully saturated rings. The molecule has 1 aliphatic carbocycles. The molecule has 13 heavy (non-hydrogen) atoms. The minimum atomic E-state index is 0.278. The van der Waals surface area contributed by atoms with Crippen LogP contribution in [0, 0.1) is 11.3 Å². The van der Waals surface area contributed by atoms with Gasteiger partial charge < -0.3 is 5.32 Å². The highest BCUT2D eigenvalue weighted by Gasteiger charge is 2.45. The summed E-state index contributed by atoms with van der Waals surface area (Å²) in [7, 11) is 0. The van der Waals surface area contributed by atoms with Crippen molar-refractivity contribution in [3.05, 3.63) is 0 Å². The predicted octanol–water partition coefficient (Wildman–Crippen LogP) is 2.09. The van der Waals surface area contributed by atoms with Gasteiger partial charge in [0.1, 0.15) is 0 Å². The summed E-state index contributed by atoms with van der Waals surface area (Å²) in [4.78, 5) is 11.3. The molecule has 2 rings (SSSR count). The highest BCUT2D eigenvalue weighted by atomic mass is 16.1. The normalized spacial score (nSPS) is 34.4. The Balaban J connectivity index is 2.06. The van der Waals surface area contributed by atoms with Crippen LogP contribution in [0.4, 0.5) is 0 Å². The number of amides is 1. The standard InChI is InChI=1S/C11H19NO/c1-2-6-11(9-4-3-5-9)7-10(13)12-8-11/h9H,2-8H2,1H3,(H,12,13). The molecule has 1 saturated carbocycles. The fourth-order valence-corrected chi connectivity index (χ4v) is 2.91. The van der Waals surface area contributed by atoms with E-state index in [1.165, 1.54) is 32.1 Å². The zero-order valence-corrected chi connectivity index (χ0v) is 8.44. The molecule has 0 aromatic carbocycles. The van der Waals surface area contributed by atoms with Gasteiger partial charge in [-0.2, -0.15) is 0 Å². The van der Waals surface area contributed by atoms with Gasteiger partial charge in [0, 0.05) is 13.0 Å². The van der Waals surface area contributed by atoms with Gasteiger partial charge in [0.15, 0.2) is 0 Å². The molecule has 1 amide bonds. The molecule has 1 unspecified atom stereocenters. The van der Waals surface area contributed by atoms with Crippen LogP contribution in [0.5, 0.6) is 0 Å². The molecule has 0 spiro atoms. The number of nitrogens with one attached hydrogen (secondary N) is 1. The van der Waals surface area contributed by atoms with Crippen molar-refractivity contribution < 1.29 is 4.79 Å². The Labute approximate surface area is 80.1 Å². The molecule has 2 heteroatoms. The summed E-state index contributed by atoms with van der Waals surface area (Å²) in [5, 5.41) is 3.01. The van der Waals surface area contributed by atoms with Gasteiger partial charge in [0.2, 0.25) is 5.91 Å². The third kappa shape index (κ3) is 1.47. The molecule has 1 saturated heterocycles. The van der Waals surface area contributed by atoms with E-state index in [-0.39, 0.29) is 5.91 Å². The van der Waals surface area contributed by atoms with Crippen LogP contribution in [-0.2, 0) is 4.79 Å². The van der Waals surface area contributed by atoms with Crippen LogP contribution in [0.1, 0.15) is 45.4 Å². The van der Waals surface area contributed by atoms with E-state index in [4.69, 9.17) is 0 Å². The van der Waals surface area contributed by atoms with Crippen LogP contribution >= 0.6 is 0 Å². The highest BCUT2D eigenvalue weighted by molar-refractivity contribution is 5.79. The SMILES string of the molecule is CCCC1(C2CCC2)CNC(=O)C1. The Hall–Kier alpha value is -0.530. The van der Waals surface area contributed by atoms with Gasteiger partial charge in [0.05, 0.1) is 0 Å². The zero-order valence-electron chi connectivity index (χ0n) is 8.44. The van der Waals surface area contributed by atoms with Gasteiger partial charge in [0.25, 0.3) is 0 Å². The summed E-state index contributed by atoms with van der Waals surface area (Å²) in [6, 6.07) is 0. The lowest BCUT2D eigenvalue weighted by Crippen LogP contribution is -2.36. The number of hydrogen-bond donors (Lipinski definition) is 1. The van der Waals surface area contributed by atoms with Crippen LogP contribution in [0.25, 0.3) is 0 Å². The first-order valence-corrected chi connectivity index (χ1v) is 5.53. The fraction of sp³-hybridized carbons (Fsp3) is 0.909. The van der Waals surface area contributed by atoms with E-state index in [1.807, 2.05) is 0 Å². The Kier molecular flexibility index (Phi) is 2.31. The van der Waals surface area contributed by atoms with E-state index < -0.39 is 0 Å². The molecule has 1 heterocycles. The predicted molar refractivity (Wildman–Crippen MR) is 52.3 cm³/mol.